The first-order valence-electron chi connectivity index (χ1n) is 10.2. The molecule has 0 saturated carbocycles. The fourth-order valence-electron chi connectivity index (χ4n) is 3.68. The van der Waals surface area contributed by atoms with Gasteiger partial charge in [-0.2, -0.15) is 0 Å². The lowest BCUT2D eigenvalue weighted by atomic mass is 10.1. The summed E-state index contributed by atoms with van der Waals surface area (Å²) in [4.78, 5) is 37.4. The van der Waals surface area contributed by atoms with Gasteiger partial charge in [-0.25, -0.2) is 9.97 Å². The van der Waals surface area contributed by atoms with E-state index in [1.54, 1.807) is 17.2 Å². The van der Waals surface area contributed by atoms with Gasteiger partial charge in [0.1, 0.15) is 5.76 Å². The molecule has 1 saturated heterocycles. The summed E-state index contributed by atoms with van der Waals surface area (Å²) in [5, 5.41) is 2.92. The molecule has 2 aromatic heterocycles. The fourth-order valence-corrected chi connectivity index (χ4v) is 3.68. The summed E-state index contributed by atoms with van der Waals surface area (Å²) in [6.07, 6.45) is 1.78. The van der Waals surface area contributed by atoms with Gasteiger partial charge in [0.15, 0.2) is 0 Å². The SMILES string of the molecule is Cc1cc(C)nc(N(C)c2ccc(NC(=O)C3CC(=O)N(Cc4ccco4)C3)cc2)n1. The zero-order valence-electron chi connectivity index (χ0n) is 17.8. The number of anilines is 3. The van der Waals surface area contributed by atoms with Crippen molar-refractivity contribution >= 4 is 29.1 Å². The lowest BCUT2D eigenvalue weighted by Gasteiger charge is -2.19. The van der Waals surface area contributed by atoms with Crippen LogP contribution in [0.3, 0.4) is 0 Å². The van der Waals surface area contributed by atoms with Crippen LogP contribution in [0, 0.1) is 19.8 Å². The second kappa shape index (κ2) is 8.59. The van der Waals surface area contributed by atoms with Crippen LogP contribution in [0.4, 0.5) is 17.3 Å². The standard InChI is InChI=1S/C23H25N5O3/c1-15-11-16(2)25-23(24-15)27(3)19-8-6-18(7-9-19)26-22(30)17-12-21(29)28(13-17)14-20-5-4-10-31-20/h4-11,17H,12-14H2,1-3H3,(H,26,30). The Hall–Kier alpha value is -3.68. The molecule has 4 rings (SSSR count). The van der Waals surface area contributed by atoms with E-state index in [0.29, 0.717) is 30.5 Å². The van der Waals surface area contributed by atoms with Gasteiger partial charge in [0.2, 0.25) is 17.8 Å². The number of hydrogen-bond donors (Lipinski definition) is 1. The van der Waals surface area contributed by atoms with E-state index in [9.17, 15) is 9.59 Å². The van der Waals surface area contributed by atoms with Crippen LogP contribution in [0.5, 0.6) is 0 Å². The number of nitrogens with zero attached hydrogens (tertiary/aromatic N) is 4. The van der Waals surface area contributed by atoms with Crippen molar-refractivity contribution in [3.05, 3.63) is 65.9 Å². The Bertz CT molecular complexity index is 1060. The molecule has 1 aromatic carbocycles. The van der Waals surface area contributed by atoms with Gasteiger partial charge in [0.05, 0.1) is 18.7 Å². The zero-order chi connectivity index (χ0) is 22.0. The number of likely N-dealkylation sites (tertiary alicyclic amines) is 1. The average Bonchev–Trinajstić information content (AvgIpc) is 3.38. The van der Waals surface area contributed by atoms with Crippen LogP contribution >= 0.6 is 0 Å². The number of nitrogens with one attached hydrogen (secondary N) is 1. The van der Waals surface area contributed by atoms with E-state index < -0.39 is 0 Å². The van der Waals surface area contributed by atoms with Crippen molar-refractivity contribution in [2.75, 3.05) is 23.8 Å². The number of furan rings is 1. The van der Waals surface area contributed by atoms with Crippen LogP contribution in [0.25, 0.3) is 0 Å². The van der Waals surface area contributed by atoms with Crippen LogP contribution in [-0.4, -0.2) is 40.3 Å². The van der Waals surface area contributed by atoms with Gasteiger partial charge in [0.25, 0.3) is 0 Å². The van der Waals surface area contributed by atoms with Crippen LogP contribution < -0.4 is 10.2 Å². The Morgan fingerprint density at radius 3 is 2.55 bits per heavy atom. The molecule has 0 aliphatic carbocycles. The van der Waals surface area contributed by atoms with E-state index >= 15 is 0 Å². The molecule has 3 heterocycles. The van der Waals surface area contributed by atoms with Gasteiger partial charge in [-0.1, -0.05) is 0 Å². The summed E-state index contributed by atoms with van der Waals surface area (Å²) < 4.78 is 5.30. The summed E-state index contributed by atoms with van der Waals surface area (Å²) >= 11 is 0. The van der Waals surface area contributed by atoms with Crippen LogP contribution in [0.2, 0.25) is 0 Å². The molecule has 160 valence electrons. The molecule has 1 fully saturated rings. The molecule has 1 atom stereocenters. The van der Waals surface area contributed by atoms with Gasteiger partial charge in [-0.15, -0.1) is 0 Å². The molecule has 1 N–H and O–H groups in total. The van der Waals surface area contributed by atoms with Crippen molar-refractivity contribution < 1.29 is 14.0 Å². The number of amides is 2. The minimum Gasteiger partial charge on any atom is -0.467 e. The molecule has 2 amide bonds. The Kier molecular flexibility index (Phi) is 5.70. The zero-order valence-corrected chi connectivity index (χ0v) is 17.8. The van der Waals surface area contributed by atoms with Crippen LogP contribution in [0.15, 0.2) is 53.1 Å². The lowest BCUT2D eigenvalue weighted by molar-refractivity contribution is -0.128. The van der Waals surface area contributed by atoms with Crippen molar-refractivity contribution in [1.82, 2.24) is 14.9 Å². The topological polar surface area (TPSA) is 91.6 Å². The number of rotatable bonds is 6. The Labute approximate surface area is 180 Å². The molecule has 1 aliphatic heterocycles. The average molecular weight is 419 g/mol. The van der Waals surface area contributed by atoms with Gasteiger partial charge in [-0.05, 0) is 56.3 Å². The summed E-state index contributed by atoms with van der Waals surface area (Å²) in [6.45, 7) is 4.65. The highest BCUT2D eigenvalue weighted by Crippen LogP contribution is 2.25. The van der Waals surface area contributed by atoms with E-state index in [1.807, 2.05) is 62.2 Å². The van der Waals surface area contributed by atoms with E-state index in [-0.39, 0.29) is 24.2 Å². The molecule has 3 aromatic rings. The maximum absolute atomic E-state index is 12.7. The van der Waals surface area contributed by atoms with Gasteiger partial charge in [-0.3, -0.25) is 9.59 Å². The van der Waals surface area contributed by atoms with Crippen molar-refractivity contribution in [2.24, 2.45) is 5.92 Å². The quantitative estimate of drug-likeness (QED) is 0.658. The molecule has 31 heavy (non-hydrogen) atoms. The molecule has 8 heteroatoms. The predicted octanol–water partition coefficient (Wildman–Crippen LogP) is 3.44. The van der Waals surface area contributed by atoms with Gasteiger partial charge in [0, 0.05) is 42.8 Å². The third-order valence-electron chi connectivity index (χ3n) is 5.30. The molecule has 1 aliphatic rings. The molecular formula is C23H25N5O3. The van der Waals surface area contributed by atoms with Gasteiger partial charge < -0.3 is 19.5 Å². The molecular weight excluding hydrogens is 394 g/mol. The predicted molar refractivity (Wildman–Crippen MR) is 117 cm³/mol. The Morgan fingerprint density at radius 2 is 1.90 bits per heavy atom. The smallest absolute Gasteiger partial charge is 0.230 e. The van der Waals surface area contributed by atoms with E-state index in [0.717, 1.165) is 17.1 Å². The molecule has 0 radical (unpaired) electrons. The molecule has 0 spiro atoms. The Morgan fingerprint density at radius 1 is 1.19 bits per heavy atom. The molecule has 0 bridgehead atoms. The van der Waals surface area contributed by atoms with Crippen LogP contribution in [0.1, 0.15) is 23.6 Å². The summed E-state index contributed by atoms with van der Waals surface area (Å²) in [6, 6.07) is 13.0. The third-order valence-corrected chi connectivity index (χ3v) is 5.30. The molecule has 8 nitrogen and oxygen atoms in total. The fraction of sp³-hybridized carbons (Fsp3) is 0.304. The largest absolute Gasteiger partial charge is 0.467 e. The minimum absolute atomic E-state index is 0.0398. The first kappa shape index (κ1) is 20.6. The highest BCUT2D eigenvalue weighted by atomic mass is 16.3. The second-order valence-electron chi connectivity index (χ2n) is 7.80. The second-order valence-corrected chi connectivity index (χ2v) is 7.80. The Balaban J connectivity index is 1.37. The van der Waals surface area contributed by atoms with E-state index in [1.165, 1.54) is 0 Å². The number of benzene rings is 1. The van der Waals surface area contributed by atoms with Crippen molar-refractivity contribution in [3.8, 4) is 0 Å². The summed E-state index contributed by atoms with van der Waals surface area (Å²) in [5.74, 6) is 0.752. The van der Waals surface area contributed by atoms with Crippen LogP contribution in [-0.2, 0) is 16.1 Å². The van der Waals surface area contributed by atoms with Crippen molar-refractivity contribution in [1.29, 1.82) is 0 Å². The minimum atomic E-state index is -0.381. The van der Waals surface area contributed by atoms with Crippen molar-refractivity contribution in [2.45, 2.75) is 26.8 Å². The summed E-state index contributed by atoms with van der Waals surface area (Å²) in [7, 11) is 1.90. The normalized spacial score (nSPS) is 15.9. The maximum Gasteiger partial charge on any atom is 0.230 e. The highest BCUT2D eigenvalue weighted by molar-refractivity contribution is 5.97. The first-order chi connectivity index (χ1) is 14.9. The number of aryl methyl sites for hydroxylation is 2. The first-order valence-corrected chi connectivity index (χ1v) is 10.2. The number of carbonyl (C=O) groups excluding carboxylic acids is 2. The van der Waals surface area contributed by atoms with Crippen molar-refractivity contribution in [3.63, 3.8) is 0 Å². The maximum atomic E-state index is 12.7. The number of carbonyl (C=O) groups is 2. The molecule has 1 unspecified atom stereocenters. The monoisotopic (exact) mass is 419 g/mol. The summed E-state index contributed by atoms with van der Waals surface area (Å²) in [5.41, 5.74) is 3.40. The third kappa shape index (κ3) is 4.74. The van der Waals surface area contributed by atoms with Gasteiger partial charge >= 0.3 is 0 Å². The lowest BCUT2D eigenvalue weighted by Crippen LogP contribution is -2.27. The number of hydrogen-bond acceptors (Lipinski definition) is 6. The number of aromatic nitrogens is 2. The van der Waals surface area contributed by atoms with E-state index in [2.05, 4.69) is 15.3 Å². The van der Waals surface area contributed by atoms with E-state index in [4.69, 9.17) is 4.42 Å². The highest BCUT2D eigenvalue weighted by Gasteiger charge is 2.34.